The van der Waals surface area contributed by atoms with E-state index in [4.69, 9.17) is 11.1 Å². The van der Waals surface area contributed by atoms with Gasteiger partial charge in [0.1, 0.15) is 11.4 Å². The third-order valence-electron chi connectivity index (χ3n) is 4.02. The van der Waals surface area contributed by atoms with E-state index in [-0.39, 0.29) is 11.9 Å². The van der Waals surface area contributed by atoms with Crippen LogP contribution in [0.15, 0.2) is 24.3 Å². The van der Waals surface area contributed by atoms with Crippen molar-refractivity contribution < 1.29 is 4.79 Å². The number of nitrogens with zero attached hydrogens (tertiary/aromatic N) is 1. The highest BCUT2D eigenvalue weighted by Gasteiger charge is 2.38. The molecule has 0 bridgehead atoms. The molecule has 1 aromatic carbocycles. The highest BCUT2D eigenvalue weighted by Crippen LogP contribution is 2.21. The lowest BCUT2D eigenvalue weighted by Crippen LogP contribution is -2.62. The Labute approximate surface area is 125 Å². The monoisotopic (exact) mass is 289 g/mol. The molecule has 114 valence electrons. The Bertz CT molecular complexity index is 517. The highest BCUT2D eigenvalue weighted by molar-refractivity contribution is 5.96. The SMILES string of the molecule is Cc1ccc(NC(=O)NC2(C(=N)N)CCN(C)CC2)cc1. The first kappa shape index (κ1) is 15.3. The molecule has 0 saturated carbocycles. The van der Waals surface area contributed by atoms with Crippen molar-refractivity contribution in [1.29, 1.82) is 5.41 Å². The lowest BCUT2D eigenvalue weighted by atomic mass is 9.86. The molecule has 0 unspecified atom stereocenters. The summed E-state index contributed by atoms with van der Waals surface area (Å²) in [6.07, 6.45) is 1.31. The number of anilines is 1. The Kier molecular flexibility index (Phi) is 4.47. The number of carbonyl (C=O) groups excluding carboxylic acids is 1. The van der Waals surface area contributed by atoms with Crippen LogP contribution in [0.25, 0.3) is 0 Å². The van der Waals surface area contributed by atoms with Gasteiger partial charge in [0, 0.05) is 18.8 Å². The minimum absolute atomic E-state index is 0.0228. The molecule has 5 N–H and O–H groups in total. The van der Waals surface area contributed by atoms with E-state index in [0.717, 1.165) is 24.3 Å². The average Bonchev–Trinajstić information content (AvgIpc) is 2.44. The van der Waals surface area contributed by atoms with Crippen molar-refractivity contribution in [1.82, 2.24) is 10.2 Å². The third kappa shape index (κ3) is 3.72. The molecule has 21 heavy (non-hydrogen) atoms. The van der Waals surface area contributed by atoms with E-state index in [0.29, 0.717) is 12.8 Å². The Hall–Kier alpha value is -2.08. The summed E-state index contributed by atoms with van der Waals surface area (Å²) >= 11 is 0. The van der Waals surface area contributed by atoms with E-state index < -0.39 is 5.54 Å². The zero-order valence-corrected chi connectivity index (χ0v) is 12.6. The fourth-order valence-corrected chi connectivity index (χ4v) is 2.48. The molecular weight excluding hydrogens is 266 g/mol. The molecule has 0 aromatic heterocycles. The number of amides is 2. The fourth-order valence-electron chi connectivity index (χ4n) is 2.48. The first-order valence-corrected chi connectivity index (χ1v) is 7.10. The minimum Gasteiger partial charge on any atom is -0.386 e. The van der Waals surface area contributed by atoms with E-state index in [1.165, 1.54) is 0 Å². The van der Waals surface area contributed by atoms with Crippen molar-refractivity contribution in [3.63, 3.8) is 0 Å². The number of likely N-dealkylation sites (tertiary alicyclic amines) is 1. The number of urea groups is 1. The van der Waals surface area contributed by atoms with Gasteiger partial charge in [-0.2, -0.15) is 0 Å². The molecule has 6 heteroatoms. The van der Waals surface area contributed by atoms with Crippen molar-refractivity contribution >= 4 is 17.6 Å². The van der Waals surface area contributed by atoms with Crippen LogP contribution in [0, 0.1) is 12.3 Å². The molecule has 2 rings (SSSR count). The minimum atomic E-state index is -0.735. The van der Waals surface area contributed by atoms with E-state index in [1.54, 1.807) is 0 Å². The number of hydrogen-bond acceptors (Lipinski definition) is 3. The summed E-state index contributed by atoms with van der Waals surface area (Å²) in [6, 6.07) is 7.25. The van der Waals surface area contributed by atoms with Gasteiger partial charge in [0.25, 0.3) is 0 Å². The number of nitrogens with one attached hydrogen (secondary N) is 3. The highest BCUT2D eigenvalue weighted by atomic mass is 16.2. The second kappa shape index (κ2) is 6.13. The largest absolute Gasteiger partial charge is 0.386 e. The number of carbonyl (C=O) groups is 1. The summed E-state index contributed by atoms with van der Waals surface area (Å²) < 4.78 is 0. The predicted octanol–water partition coefficient (Wildman–Crippen LogP) is 1.52. The van der Waals surface area contributed by atoms with Crippen LogP contribution in [0.1, 0.15) is 18.4 Å². The third-order valence-corrected chi connectivity index (χ3v) is 4.02. The van der Waals surface area contributed by atoms with Crippen molar-refractivity contribution in [3.05, 3.63) is 29.8 Å². The fraction of sp³-hybridized carbons (Fsp3) is 0.467. The number of hydrogen-bond donors (Lipinski definition) is 4. The first-order valence-electron chi connectivity index (χ1n) is 7.10. The second-order valence-electron chi connectivity index (χ2n) is 5.74. The molecule has 1 aromatic rings. The van der Waals surface area contributed by atoms with Crippen LogP contribution in [0.3, 0.4) is 0 Å². The zero-order chi connectivity index (χ0) is 15.5. The Morgan fingerprint density at radius 2 is 1.86 bits per heavy atom. The Morgan fingerprint density at radius 3 is 2.38 bits per heavy atom. The maximum Gasteiger partial charge on any atom is 0.320 e. The second-order valence-corrected chi connectivity index (χ2v) is 5.74. The van der Waals surface area contributed by atoms with Crippen LogP contribution in [0.2, 0.25) is 0 Å². The van der Waals surface area contributed by atoms with Crippen molar-refractivity contribution in [2.24, 2.45) is 5.73 Å². The molecule has 6 nitrogen and oxygen atoms in total. The van der Waals surface area contributed by atoms with Crippen molar-refractivity contribution in [2.75, 3.05) is 25.5 Å². The van der Waals surface area contributed by atoms with Gasteiger partial charge in [-0.15, -0.1) is 0 Å². The normalized spacial score (nSPS) is 18.0. The maximum atomic E-state index is 12.2. The summed E-state index contributed by atoms with van der Waals surface area (Å²) in [5.41, 5.74) is 6.86. The van der Waals surface area contributed by atoms with Crippen molar-refractivity contribution in [2.45, 2.75) is 25.3 Å². The molecule has 0 spiro atoms. The molecule has 1 aliphatic rings. The lowest BCUT2D eigenvalue weighted by molar-refractivity contribution is 0.198. The van der Waals surface area contributed by atoms with Crippen LogP contribution >= 0.6 is 0 Å². The number of benzene rings is 1. The van der Waals surface area contributed by atoms with Gasteiger partial charge in [0.15, 0.2) is 0 Å². The van der Waals surface area contributed by atoms with Gasteiger partial charge >= 0.3 is 6.03 Å². The van der Waals surface area contributed by atoms with E-state index in [9.17, 15) is 4.79 Å². The summed E-state index contributed by atoms with van der Waals surface area (Å²) in [5.74, 6) is 0.0228. The number of rotatable bonds is 3. The Morgan fingerprint density at radius 1 is 1.29 bits per heavy atom. The summed E-state index contributed by atoms with van der Waals surface area (Å²) in [7, 11) is 2.02. The molecule has 1 heterocycles. The molecule has 2 amide bonds. The van der Waals surface area contributed by atoms with Crippen LogP contribution in [0.5, 0.6) is 0 Å². The van der Waals surface area contributed by atoms with Crippen molar-refractivity contribution in [3.8, 4) is 0 Å². The van der Waals surface area contributed by atoms with Gasteiger partial charge in [-0.3, -0.25) is 5.41 Å². The molecule has 1 saturated heterocycles. The Balaban J connectivity index is 2.02. The summed E-state index contributed by atoms with van der Waals surface area (Å²) in [6.45, 7) is 3.61. The molecule has 0 radical (unpaired) electrons. The van der Waals surface area contributed by atoms with E-state index in [1.807, 2.05) is 38.2 Å². The van der Waals surface area contributed by atoms with Gasteiger partial charge in [0.2, 0.25) is 0 Å². The van der Waals surface area contributed by atoms with Gasteiger partial charge < -0.3 is 21.3 Å². The standard InChI is InChI=1S/C15H23N5O/c1-11-3-5-12(6-4-11)18-14(21)19-15(13(16)17)7-9-20(2)10-8-15/h3-6H,7-10H2,1-2H3,(H3,16,17)(H2,18,19,21). The van der Waals surface area contributed by atoms with E-state index in [2.05, 4.69) is 15.5 Å². The zero-order valence-electron chi connectivity index (χ0n) is 12.6. The van der Waals surface area contributed by atoms with Gasteiger partial charge in [0.05, 0.1) is 0 Å². The van der Waals surface area contributed by atoms with Gasteiger partial charge in [-0.1, -0.05) is 17.7 Å². The molecule has 1 aliphatic heterocycles. The molecule has 0 atom stereocenters. The van der Waals surface area contributed by atoms with E-state index >= 15 is 0 Å². The number of aryl methyl sites for hydroxylation is 1. The average molecular weight is 289 g/mol. The van der Waals surface area contributed by atoms with Gasteiger partial charge in [-0.05, 0) is 38.9 Å². The number of amidine groups is 1. The smallest absolute Gasteiger partial charge is 0.320 e. The van der Waals surface area contributed by atoms with Crippen LogP contribution < -0.4 is 16.4 Å². The number of piperidine rings is 1. The first-order chi connectivity index (χ1) is 9.91. The van der Waals surface area contributed by atoms with Crippen LogP contribution in [-0.2, 0) is 0 Å². The van der Waals surface area contributed by atoms with Crippen LogP contribution in [0.4, 0.5) is 10.5 Å². The topological polar surface area (TPSA) is 94.2 Å². The quantitative estimate of drug-likeness (QED) is 0.502. The predicted molar refractivity (Wildman–Crippen MR) is 84.7 cm³/mol. The number of nitrogens with two attached hydrogens (primary N) is 1. The van der Waals surface area contributed by atoms with Crippen LogP contribution in [-0.4, -0.2) is 42.4 Å². The summed E-state index contributed by atoms with van der Waals surface area (Å²) in [4.78, 5) is 14.3. The molecule has 1 fully saturated rings. The summed E-state index contributed by atoms with van der Waals surface area (Å²) in [5, 5.41) is 13.5. The molecular formula is C15H23N5O. The maximum absolute atomic E-state index is 12.2. The van der Waals surface area contributed by atoms with Gasteiger partial charge in [-0.25, -0.2) is 4.79 Å². The molecule has 0 aliphatic carbocycles. The lowest BCUT2D eigenvalue weighted by Gasteiger charge is -2.40.